The van der Waals surface area contributed by atoms with Gasteiger partial charge in [-0.25, -0.2) is 0 Å². The highest BCUT2D eigenvalue weighted by molar-refractivity contribution is 5.43. The van der Waals surface area contributed by atoms with Gasteiger partial charge in [0.05, 0.1) is 19.9 Å². The summed E-state index contributed by atoms with van der Waals surface area (Å²) in [5.74, 6) is 0. The van der Waals surface area contributed by atoms with Crippen molar-refractivity contribution in [3.63, 3.8) is 0 Å². The quantitative estimate of drug-likeness (QED) is 0.0534. The van der Waals surface area contributed by atoms with Crippen LogP contribution in [0.4, 0.5) is 11.4 Å². The van der Waals surface area contributed by atoms with Gasteiger partial charge < -0.3 is 20.1 Å². The number of pyridine rings is 2. The van der Waals surface area contributed by atoms with Crippen LogP contribution < -0.4 is 19.8 Å². The van der Waals surface area contributed by atoms with Gasteiger partial charge in [-0.15, -0.1) is 0 Å². The van der Waals surface area contributed by atoms with Crippen molar-refractivity contribution in [2.45, 2.75) is 156 Å². The highest BCUT2D eigenvalue weighted by Gasteiger charge is 2.05. The smallest absolute Gasteiger partial charge is 0.252 e. The van der Waals surface area contributed by atoms with E-state index >= 15 is 0 Å². The second kappa shape index (κ2) is 27.4. The van der Waals surface area contributed by atoms with Gasteiger partial charge in [-0.1, -0.05) is 129 Å². The molecule has 6 nitrogen and oxygen atoms in total. The summed E-state index contributed by atoms with van der Waals surface area (Å²) in [5, 5.41) is 6.93. The van der Waals surface area contributed by atoms with E-state index in [-0.39, 0.29) is 0 Å². The van der Waals surface area contributed by atoms with Gasteiger partial charge >= 0.3 is 0 Å². The summed E-state index contributed by atoms with van der Waals surface area (Å²) in [6, 6.07) is 8.31. The SMILES string of the molecule is CCCCCCCCCCCCOC[n+]1cccc(NCNc2ccc[n+](COCCCCCCCCCCCC)c2)c1. The average Bonchev–Trinajstić information content (AvgIpc) is 3.02. The lowest BCUT2D eigenvalue weighted by molar-refractivity contribution is -0.732. The van der Waals surface area contributed by atoms with E-state index in [1.807, 2.05) is 0 Å². The van der Waals surface area contributed by atoms with Gasteiger partial charge in [-0.05, 0) is 25.0 Å². The van der Waals surface area contributed by atoms with Crippen LogP contribution in [0.3, 0.4) is 0 Å². The summed E-state index contributed by atoms with van der Waals surface area (Å²) in [5.41, 5.74) is 2.14. The Hall–Kier alpha value is -2.18. The van der Waals surface area contributed by atoms with Crippen LogP contribution in [0, 0.1) is 0 Å². The molecular formula is C37H66N4O2+2. The first-order valence-electron chi connectivity index (χ1n) is 17.9. The van der Waals surface area contributed by atoms with Crippen molar-refractivity contribution < 1.29 is 18.6 Å². The molecule has 0 amide bonds. The minimum absolute atomic E-state index is 0.595. The predicted molar refractivity (Wildman–Crippen MR) is 181 cm³/mol. The van der Waals surface area contributed by atoms with Crippen LogP contribution in [-0.4, -0.2) is 19.9 Å². The van der Waals surface area contributed by atoms with Crippen molar-refractivity contribution in [2.24, 2.45) is 0 Å². The fourth-order valence-corrected chi connectivity index (χ4v) is 5.39. The van der Waals surface area contributed by atoms with Crippen LogP contribution in [0.1, 0.15) is 142 Å². The molecule has 0 bridgehead atoms. The second-order valence-electron chi connectivity index (χ2n) is 12.2. The van der Waals surface area contributed by atoms with E-state index in [9.17, 15) is 0 Å². The normalized spacial score (nSPS) is 11.2. The van der Waals surface area contributed by atoms with Gasteiger partial charge in [0.25, 0.3) is 13.5 Å². The van der Waals surface area contributed by atoms with Crippen LogP contribution >= 0.6 is 0 Å². The second-order valence-corrected chi connectivity index (χ2v) is 12.2. The molecule has 0 saturated carbocycles. The molecule has 0 aliphatic carbocycles. The molecule has 0 saturated heterocycles. The van der Waals surface area contributed by atoms with Gasteiger partial charge in [0, 0.05) is 12.1 Å². The van der Waals surface area contributed by atoms with E-state index in [1.165, 1.54) is 116 Å². The topological polar surface area (TPSA) is 50.3 Å². The number of rotatable bonds is 30. The highest BCUT2D eigenvalue weighted by atomic mass is 16.5. The largest absolute Gasteiger partial charge is 0.363 e. The maximum atomic E-state index is 5.92. The molecule has 0 atom stereocenters. The van der Waals surface area contributed by atoms with Gasteiger partial charge in [0.2, 0.25) is 0 Å². The van der Waals surface area contributed by atoms with Crippen LogP contribution in [0.5, 0.6) is 0 Å². The first-order chi connectivity index (χ1) is 21.3. The zero-order valence-electron chi connectivity index (χ0n) is 28.0. The Morgan fingerprint density at radius 2 is 0.837 bits per heavy atom. The molecule has 0 radical (unpaired) electrons. The van der Waals surface area contributed by atoms with E-state index < -0.39 is 0 Å². The Morgan fingerprint density at radius 3 is 1.21 bits per heavy atom. The van der Waals surface area contributed by atoms with Crippen molar-refractivity contribution in [1.82, 2.24) is 0 Å². The van der Waals surface area contributed by atoms with Crippen LogP contribution in [0.2, 0.25) is 0 Å². The lowest BCUT2D eigenvalue weighted by Crippen LogP contribution is -2.35. The first kappa shape index (κ1) is 37.0. The zero-order valence-corrected chi connectivity index (χ0v) is 28.0. The standard InChI is InChI=1S/C37H66N4O2/c1-3-5-7-9-11-13-15-17-19-21-29-42-34-40-27-23-25-36(31-40)38-33-39-37-26-24-28-41(32-37)35-43-30-22-20-18-16-14-12-10-8-6-4-2/h23-28,31-32,38-39H,3-22,29-30,33-35H2,1-2H3/q+2. The van der Waals surface area contributed by atoms with Gasteiger partial charge in [-0.2, -0.15) is 9.13 Å². The molecule has 0 aliphatic heterocycles. The molecule has 43 heavy (non-hydrogen) atoms. The Morgan fingerprint density at radius 1 is 0.488 bits per heavy atom. The maximum absolute atomic E-state index is 5.92. The lowest BCUT2D eigenvalue weighted by atomic mass is 10.1. The Balaban J connectivity index is 1.48. The number of nitrogens with one attached hydrogen (secondary N) is 2. The van der Waals surface area contributed by atoms with E-state index in [0.29, 0.717) is 20.1 Å². The van der Waals surface area contributed by atoms with Crippen molar-refractivity contribution >= 4 is 11.4 Å². The molecule has 6 heteroatoms. The van der Waals surface area contributed by atoms with Crippen LogP contribution in [0.15, 0.2) is 49.1 Å². The maximum Gasteiger partial charge on any atom is 0.252 e. The fraction of sp³-hybridized carbons (Fsp3) is 0.730. The number of hydrogen-bond acceptors (Lipinski definition) is 4. The third-order valence-electron chi connectivity index (χ3n) is 8.07. The van der Waals surface area contributed by atoms with E-state index in [4.69, 9.17) is 9.47 Å². The summed E-state index contributed by atoms with van der Waals surface area (Å²) in [6.45, 7) is 8.06. The van der Waals surface area contributed by atoms with Gasteiger partial charge in [-0.3, -0.25) is 0 Å². The zero-order chi connectivity index (χ0) is 30.5. The third kappa shape index (κ3) is 21.2. The lowest BCUT2D eigenvalue weighted by Gasteiger charge is -2.08. The van der Waals surface area contributed by atoms with E-state index in [0.717, 1.165) is 37.4 Å². The van der Waals surface area contributed by atoms with Gasteiger partial charge in [0.15, 0.2) is 24.8 Å². The molecule has 0 unspecified atom stereocenters. The Labute approximate surface area is 265 Å². The van der Waals surface area contributed by atoms with Crippen molar-refractivity contribution in [1.29, 1.82) is 0 Å². The molecule has 0 aromatic carbocycles. The molecule has 0 spiro atoms. The van der Waals surface area contributed by atoms with E-state index in [2.05, 4.69) is 82.7 Å². The Bertz CT molecular complexity index is 823. The summed E-state index contributed by atoms with van der Waals surface area (Å²) in [4.78, 5) is 0. The molecule has 2 aromatic heterocycles. The van der Waals surface area contributed by atoms with Crippen molar-refractivity contribution in [3.8, 4) is 0 Å². The monoisotopic (exact) mass is 599 g/mol. The first-order valence-corrected chi connectivity index (χ1v) is 17.9. The van der Waals surface area contributed by atoms with E-state index in [1.54, 1.807) is 0 Å². The minimum atomic E-state index is 0.595. The third-order valence-corrected chi connectivity index (χ3v) is 8.07. The predicted octanol–water partition coefficient (Wildman–Crippen LogP) is 9.53. The molecule has 2 rings (SSSR count). The Kier molecular flexibility index (Phi) is 23.6. The number of anilines is 2. The molecule has 0 fully saturated rings. The molecular weight excluding hydrogens is 532 g/mol. The molecule has 2 heterocycles. The summed E-state index contributed by atoms with van der Waals surface area (Å²) >= 11 is 0. The van der Waals surface area contributed by atoms with Crippen LogP contribution in [0.25, 0.3) is 0 Å². The summed E-state index contributed by atoms with van der Waals surface area (Å²) in [6.07, 6.45) is 35.3. The summed E-state index contributed by atoms with van der Waals surface area (Å²) in [7, 11) is 0. The van der Waals surface area contributed by atoms with Gasteiger partial charge in [0.1, 0.15) is 11.4 Å². The fourth-order valence-electron chi connectivity index (χ4n) is 5.39. The number of ether oxygens (including phenoxy) is 2. The van der Waals surface area contributed by atoms with Crippen molar-refractivity contribution in [3.05, 3.63) is 49.1 Å². The summed E-state index contributed by atoms with van der Waals surface area (Å²) < 4.78 is 16.0. The average molecular weight is 599 g/mol. The number of hydrogen-bond donors (Lipinski definition) is 2. The molecule has 2 N–H and O–H groups in total. The molecule has 244 valence electrons. The minimum Gasteiger partial charge on any atom is -0.363 e. The highest BCUT2D eigenvalue weighted by Crippen LogP contribution is 2.12. The number of aromatic nitrogens is 2. The van der Waals surface area contributed by atoms with Crippen molar-refractivity contribution in [2.75, 3.05) is 30.5 Å². The van der Waals surface area contributed by atoms with Crippen LogP contribution in [-0.2, 0) is 22.9 Å². The number of nitrogens with zero attached hydrogens (tertiary/aromatic N) is 2. The number of unbranched alkanes of at least 4 members (excludes halogenated alkanes) is 18. The molecule has 2 aromatic rings. The molecule has 0 aliphatic rings.